The van der Waals surface area contributed by atoms with Gasteiger partial charge >= 0.3 is 0 Å². The van der Waals surface area contributed by atoms with E-state index in [9.17, 15) is 0 Å². The Morgan fingerprint density at radius 3 is 2.58 bits per heavy atom. The first-order chi connectivity index (χ1) is 9.15. The first-order valence-electron chi connectivity index (χ1n) is 7.93. The third kappa shape index (κ3) is 3.38. The van der Waals surface area contributed by atoms with Crippen molar-refractivity contribution in [2.24, 2.45) is 11.8 Å². The van der Waals surface area contributed by atoms with Crippen molar-refractivity contribution >= 4 is 0 Å². The first kappa shape index (κ1) is 14.6. The van der Waals surface area contributed by atoms with E-state index in [4.69, 9.17) is 0 Å². The van der Waals surface area contributed by atoms with Gasteiger partial charge in [0.1, 0.15) is 0 Å². The maximum Gasteiger partial charge on any atom is 0.0597 e. The van der Waals surface area contributed by atoms with E-state index in [2.05, 4.69) is 48.9 Å². The standard InChI is InChI=1S/C16H29N3/c1-5-17-16(14-9-7-12(3)8-10-14)15-11-13(4)18-19(15)6-2/h11-12,14,16-17H,5-10H2,1-4H3. The molecule has 0 amide bonds. The minimum absolute atomic E-state index is 0.485. The quantitative estimate of drug-likeness (QED) is 0.878. The second-order valence-electron chi connectivity index (χ2n) is 6.08. The summed E-state index contributed by atoms with van der Waals surface area (Å²) in [5.74, 6) is 1.69. The molecule has 1 aromatic heterocycles. The summed E-state index contributed by atoms with van der Waals surface area (Å²) in [7, 11) is 0. The molecule has 1 saturated carbocycles. The van der Waals surface area contributed by atoms with E-state index in [0.717, 1.165) is 30.6 Å². The molecule has 1 heterocycles. The van der Waals surface area contributed by atoms with Crippen LogP contribution in [0.5, 0.6) is 0 Å². The number of nitrogens with one attached hydrogen (secondary N) is 1. The minimum atomic E-state index is 0.485. The monoisotopic (exact) mass is 263 g/mol. The van der Waals surface area contributed by atoms with Gasteiger partial charge in [-0.2, -0.15) is 5.10 Å². The summed E-state index contributed by atoms with van der Waals surface area (Å²) in [4.78, 5) is 0. The number of hydrogen-bond donors (Lipinski definition) is 1. The Morgan fingerprint density at radius 1 is 1.32 bits per heavy atom. The highest BCUT2D eigenvalue weighted by atomic mass is 15.3. The molecule has 19 heavy (non-hydrogen) atoms. The highest BCUT2D eigenvalue weighted by Gasteiger charge is 2.28. The summed E-state index contributed by atoms with van der Waals surface area (Å²) in [6.45, 7) is 10.9. The van der Waals surface area contributed by atoms with Crippen LogP contribution in [0.25, 0.3) is 0 Å². The van der Waals surface area contributed by atoms with Gasteiger partial charge in [-0.3, -0.25) is 4.68 Å². The van der Waals surface area contributed by atoms with Gasteiger partial charge in [0.2, 0.25) is 0 Å². The van der Waals surface area contributed by atoms with E-state index in [0.29, 0.717) is 6.04 Å². The topological polar surface area (TPSA) is 29.9 Å². The van der Waals surface area contributed by atoms with E-state index in [1.807, 2.05) is 0 Å². The zero-order valence-electron chi connectivity index (χ0n) is 12.9. The van der Waals surface area contributed by atoms with Crippen molar-refractivity contribution in [3.63, 3.8) is 0 Å². The van der Waals surface area contributed by atoms with Gasteiger partial charge in [0.05, 0.1) is 17.4 Å². The van der Waals surface area contributed by atoms with Crippen molar-refractivity contribution in [2.45, 2.75) is 66.0 Å². The minimum Gasteiger partial charge on any atom is -0.309 e. The van der Waals surface area contributed by atoms with Crippen LogP contribution in [-0.4, -0.2) is 16.3 Å². The van der Waals surface area contributed by atoms with Crippen LogP contribution in [0, 0.1) is 18.8 Å². The van der Waals surface area contributed by atoms with Crippen LogP contribution in [0.2, 0.25) is 0 Å². The number of hydrogen-bond acceptors (Lipinski definition) is 2. The number of rotatable bonds is 5. The predicted octanol–water partition coefficient (Wildman–Crippen LogP) is 3.69. The van der Waals surface area contributed by atoms with Crippen LogP contribution >= 0.6 is 0 Å². The maximum absolute atomic E-state index is 4.62. The summed E-state index contributed by atoms with van der Waals surface area (Å²) in [5.41, 5.74) is 2.53. The molecule has 0 aliphatic heterocycles. The van der Waals surface area contributed by atoms with Crippen LogP contribution in [0.3, 0.4) is 0 Å². The number of aryl methyl sites for hydroxylation is 2. The first-order valence-corrected chi connectivity index (χ1v) is 7.93. The zero-order valence-corrected chi connectivity index (χ0v) is 12.9. The fourth-order valence-electron chi connectivity index (χ4n) is 3.42. The highest BCUT2D eigenvalue weighted by Crippen LogP contribution is 2.36. The molecule has 1 aliphatic carbocycles. The largest absolute Gasteiger partial charge is 0.309 e. The molecular formula is C16H29N3. The molecule has 1 atom stereocenters. The SMILES string of the molecule is CCNC(c1cc(C)nn1CC)C1CCC(C)CC1. The summed E-state index contributed by atoms with van der Waals surface area (Å²) in [6.07, 6.45) is 5.47. The Hall–Kier alpha value is -0.830. The Kier molecular flexibility index (Phi) is 5.03. The van der Waals surface area contributed by atoms with Gasteiger partial charge in [0.15, 0.2) is 0 Å². The van der Waals surface area contributed by atoms with E-state index in [1.54, 1.807) is 0 Å². The van der Waals surface area contributed by atoms with Crippen molar-refractivity contribution in [1.82, 2.24) is 15.1 Å². The molecule has 2 rings (SSSR count). The normalized spacial score (nSPS) is 25.5. The fraction of sp³-hybridized carbons (Fsp3) is 0.812. The van der Waals surface area contributed by atoms with Gasteiger partial charge in [-0.05, 0) is 51.1 Å². The van der Waals surface area contributed by atoms with Crippen LogP contribution in [0.1, 0.15) is 63.9 Å². The average molecular weight is 263 g/mol. The lowest BCUT2D eigenvalue weighted by Gasteiger charge is -2.33. The second-order valence-corrected chi connectivity index (χ2v) is 6.08. The van der Waals surface area contributed by atoms with Crippen molar-refractivity contribution < 1.29 is 0 Å². The van der Waals surface area contributed by atoms with Crippen molar-refractivity contribution in [2.75, 3.05) is 6.54 Å². The molecule has 1 unspecified atom stereocenters. The molecular weight excluding hydrogens is 234 g/mol. The molecule has 3 heteroatoms. The Balaban J connectivity index is 2.18. The Labute approximate surface area is 117 Å². The van der Waals surface area contributed by atoms with Crippen LogP contribution in [0.4, 0.5) is 0 Å². The summed E-state index contributed by atoms with van der Waals surface area (Å²) in [6, 6.07) is 2.76. The highest BCUT2D eigenvalue weighted by molar-refractivity contribution is 5.15. The predicted molar refractivity (Wildman–Crippen MR) is 80.2 cm³/mol. The van der Waals surface area contributed by atoms with E-state index < -0.39 is 0 Å². The van der Waals surface area contributed by atoms with Gasteiger partial charge in [-0.15, -0.1) is 0 Å². The second kappa shape index (κ2) is 6.56. The third-order valence-electron chi connectivity index (χ3n) is 4.51. The lowest BCUT2D eigenvalue weighted by molar-refractivity contribution is 0.226. The molecule has 0 saturated heterocycles. The molecule has 1 N–H and O–H groups in total. The zero-order chi connectivity index (χ0) is 13.8. The maximum atomic E-state index is 4.62. The fourth-order valence-corrected chi connectivity index (χ4v) is 3.42. The smallest absolute Gasteiger partial charge is 0.0597 e. The van der Waals surface area contributed by atoms with Gasteiger partial charge < -0.3 is 5.32 Å². The van der Waals surface area contributed by atoms with Crippen LogP contribution < -0.4 is 5.32 Å². The van der Waals surface area contributed by atoms with Gasteiger partial charge in [-0.25, -0.2) is 0 Å². The van der Waals surface area contributed by atoms with Crippen LogP contribution in [0.15, 0.2) is 6.07 Å². The van der Waals surface area contributed by atoms with E-state index in [-0.39, 0.29) is 0 Å². The molecule has 0 radical (unpaired) electrons. The molecule has 1 fully saturated rings. The number of nitrogens with zero attached hydrogens (tertiary/aromatic N) is 2. The molecule has 1 aliphatic rings. The van der Waals surface area contributed by atoms with E-state index in [1.165, 1.54) is 31.4 Å². The average Bonchev–Trinajstić information content (AvgIpc) is 2.78. The molecule has 0 bridgehead atoms. The van der Waals surface area contributed by atoms with Gasteiger partial charge in [0, 0.05) is 6.54 Å². The lowest BCUT2D eigenvalue weighted by Crippen LogP contribution is -2.32. The van der Waals surface area contributed by atoms with Crippen molar-refractivity contribution in [3.05, 3.63) is 17.5 Å². The molecule has 0 aromatic carbocycles. The number of aromatic nitrogens is 2. The van der Waals surface area contributed by atoms with E-state index >= 15 is 0 Å². The Morgan fingerprint density at radius 2 is 2.00 bits per heavy atom. The summed E-state index contributed by atoms with van der Waals surface area (Å²) in [5, 5.41) is 8.33. The van der Waals surface area contributed by atoms with Crippen molar-refractivity contribution in [3.8, 4) is 0 Å². The summed E-state index contributed by atoms with van der Waals surface area (Å²) >= 11 is 0. The summed E-state index contributed by atoms with van der Waals surface area (Å²) < 4.78 is 2.18. The van der Waals surface area contributed by atoms with Crippen molar-refractivity contribution in [1.29, 1.82) is 0 Å². The molecule has 3 nitrogen and oxygen atoms in total. The Bertz CT molecular complexity index is 389. The van der Waals surface area contributed by atoms with Gasteiger partial charge in [-0.1, -0.05) is 26.7 Å². The van der Waals surface area contributed by atoms with Gasteiger partial charge in [0.25, 0.3) is 0 Å². The molecule has 108 valence electrons. The van der Waals surface area contributed by atoms with Crippen LogP contribution in [-0.2, 0) is 6.54 Å². The third-order valence-corrected chi connectivity index (χ3v) is 4.51. The molecule has 1 aromatic rings. The molecule has 0 spiro atoms. The lowest BCUT2D eigenvalue weighted by atomic mass is 9.78.